The molecule has 2 rings (SSSR count). The van der Waals surface area contributed by atoms with Crippen molar-refractivity contribution in [3.63, 3.8) is 0 Å². The van der Waals surface area contributed by atoms with Crippen LogP contribution in [0, 0.1) is 5.92 Å². The summed E-state index contributed by atoms with van der Waals surface area (Å²) < 4.78 is 0. The van der Waals surface area contributed by atoms with Gasteiger partial charge in [0.15, 0.2) is 0 Å². The number of β-amino-alcohol motifs (C(OH)–C–C–N with tert-alkyl or cyclic N) is 1. The second kappa shape index (κ2) is 6.05. The highest BCUT2D eigenvalue weighted by Crippen LogP contribution is 2.29. The Morgan fingerprint density at radius 3 is 2.56 bits per heavy atom. The number of likely N-dealkylation sites (tertiary alicyclic amines) is 1. The maximum absolute atomic E-state index is 11.9. The molecule has 0 spiro atoms. The minimum atomic E-state index is -0.584. The first-order valence-electron chi connectivity index (χ1n) is 7.63. The quantitative estimate of drug-likeness (QED) is 0.818. The van der Waals surface area contributed by atoms with Crippen molar-refractivity contribution in [1.82, 2.24) is 4.90 Å². The normalized spacial score (nSPS) is 23.8. The second-order valence-electron chi connectivity index (χ2n) is 6.22. The first kappa shape index (κ1) is 13.9. The molecule has 1 heterocycles. The van der Waals surface area contributed by atoms with Gasteiger partial charge in [-0.3, -0.25) is 4.79 Å². The lowest BCUT2D eigenvalue weighted by atomic mass is 9.85. The Hall–Kier alpha value is -0.570. The molecule has 1 N–H and O–H groups in total. The Kier molecular flexibility index (Phi) is 4.66. The molecule has 0 radical (unpaired) electrons. The molecule has 1 saturated heterocycles. The van der Waals surface area contributed by atoms with Crippen LogP contribution in [-0.4, -0.2) is 34.6 Å². The van der Waals surface area contributed by atoms with Crippen LogP contribution in [0.3, 0.4) is 0 Å². The molecule has 3 heteroatoms. The fraction of sp³-hybridized carbons (Fsp3) is 0.933. The number of rotatable bonds is 5. The van der Waals surface area contributed by atoms with Gasteiger partial charge in [-0.25, -0.2) is 0 Å². The SMILES string of the molecule is CCC1(O)CN(C(=O)CCCC2CCCCC2)C1. The molecule has 0 unspecified atom stereocenters. The van der Waals surface area contributed by atoms with E-state index in [2.05, 4.69) is 0 Å². The topological polar surface area (TPSA) is 40.5 Å². The average Bonchev–Trinajstić information content (AvgIpc) is 2.36. The minimum Gasteiger partial charge on any atom is -0.386 e. The van der Waals surface area contributed by atoms with Crippen LogP contribution in [0.4, 0.5) is 0 Å². The highest BCUT2D eigenvalue weighted by atomic mass is 16.3. The smallest absolute Gasteiger partial charge is 0.222 e. The third kappa shape index (κ3) is 3.47. The van der Waals surface area contributed by atoms with E-state index >= 15 is 0 Å². The van der Waals surface area contributed by atoms with Crippen LogP contribution < -0.4 is 0 Å². The molecule has 1 saturated carbocycles. The molecule has 1 aliphatic carbocycles. The molecule has 2 fully saturated rings. The molecule has 2 aliphatic rings. The zero-order valence-corrected chi connectivity index (χ0v) is 11.7. The van der Waals surface area contributed by atoms with Crippen molar-refractivity contribution < 1.29 is 9.90 Å². The van der Waals surface area contributed by atoms with Crippen LogP contribution in [0.15, 0.2) is 0 Å². The Labute approximate surface area is 111 Å². The van der Waals surface area contributed by atoms with Gasteiger partial charge in [-0.1, -0.05) is 39.0 Å². The lowest BCUT2D eigenvalue weighted by Gasteiger charge is -2.46. The Morgan fingerprint density at radius 2 is 1.94 bits per heavy atom. The lowest BCUT2D eigenvalue weighted by Crippen LogP contribution is -2.63. The van der Waals surface area contributed by atoms with Gasteiger partial charge in [-0.2, -0.15) is 0 Å². The molecule has 0 aromatic carbocycles. The molecule has 3 nitrogen and oxygen atoms in total. The van der Waals surface area contributed by atoms with Gasteiger partial charge in [0.1, 0.15) is 0 Å². The molecular formula is C15H27NO2. The number of amides is 1. The number of nitrogens with zero attached hydrogens (tertiary/aromatic N) is 1. The molecule has 0 atom stereocenters. The summed E-state index contributed by atoms with van der Waals surface area (Å²) in [7, 11) is 0. The molecule has 1 amide bonds. The van der Waals surface area contributed by atoms with Gasteiger partial charge in [0.05, 0.1) is 18.7 Å². The summed E-state index contributed by atoms with van der Waals surface area (Å²) in [6.45, 7) is 3.07. The number of carbonyl (C=O) groups is 1. The van der Waals surface area contributed by atoms with Crippen LogP contribution in [0.5, 0.6) is 0 Å². The van der Waals surface area contributed by atoms with Crippen LogP contribution in [0.25, 0.3) is 0 Å². The summed E-state index contributed by atoms with van der Waals surface area (Å²) in [5, 5.41) is 9.87. The summed E-state index contributed by atoms with van der Waals surface area (Å²) in [5.41, 5.74) is -0.584. The largest absolute Gasteiger partial charge is 0.386 e. The van der Waals surface area contributed by atoms with Gasteiger partial charge >= 0.3 is 0 Å². The van der Waals surface area contributed by atoms with Crippen molar-refractivity contribution >= 4 is 5.91 Å². The average molecular weight is 253 g/mol. The second-order valence-corrected chi connectivity index (χ2v) is 6.22. The summed E-state index contributed by atoms with van der Waals surface area (Å²) in [5.74, 6) is 1.11. The number of hydrogen-bond acceptors (Lipinski definition) is 2. The standard InChI is InChI=1S/C15H27NO2/c1-2-15(18)11-16(12-15)14(17)10-6-9-13-7-4-3-5-8-13/h13,18H,2-12H2,1H3. The maximum atomic E-state index is 11.9. The molecular weight excluding hydrogens is 226 g/mol. The van der Waals surface area contributed by atoms with Crippen LogP contribution in [0.1, 0.15) is 64.7 Å². The van der Waals surface area contributed by atoms with Gasteiger partial charge in [0, 0.05) is 6.42 Å². The van der Waals surface area contributed by atoms with Crippen molar-refractivity contribution in [1.29, 1.82) is 0 Å². The summed E-state index contributed by atoms with van der Waals surface area (Å²) in [4.78, 5) is 13.7. The molecule has 0 aromatic heterocycles. The van der Waals surface area contributed by atoms with Gasteiger partial charge in [-0.15, -0.1) is 0 Å². The zero-order valence-electron chi connectivity index (χ0n) is 11.7. The van der Waals surface area contributed by atoms with Gasteiger partial charge in [-0.05, 0) is 25.2 Å². The van der Waals surface area contributed by atoms with Crippen molar-refractivity contribution in [2.75, 3.05) is 13.1 Å². The monoisotopic (exact) mass is 253 g/mol. The van der Waals surface area contributed by atoms with E-state index in [0.717, 1.165) is 18.8 Å². The third-order valence-corrected chi connectivity index (χ3v) is 4.71. The van der Waals surface area contributed by atoms with Crippen LogP contribution >= 0.6 is 0 Å². The van der Waals surface area contributed by atoms with Crippen molar-refractivity contribution in [2.24, 2.45) is 5.92 Å². The van der Waals surface area contributed by atoms with E-state index in [1.54, 1.807) is 0 Å². The van der Waals surface area contributed by atoms with E-state index in [1.165, 1.54) is 38.5 Å². The van der Waals surface area contributed by atoms with E-state index in [0.29, 0.717) is 19.5 Å². The van der Waals surface area contributed by atoms with Gasteiger partial charge in [0.25, 0.3) is 0 Å². The van der Waals surface area contributed by atoms with Crippen LogP contribution in [0.2, 0.25) is 0 Å². The van der Waals surface area contributed by atoms with Crippen LogP contribution in [-0.2, 0) is 4.79 Å². The molecule has 0 aromatic rings. The van der Waals surface area contributed by atoms with E-state index in [9.17, 15) is 9.90 Å². The van der Waals surface area contributed by atoms with Crippen molar-refractivity contribution in [2.45, 2.75) is 70.3 Å². The van der Waals surface area contributed by atoms with Crippen molar-refractivity contribution in [3.8, 4) is 0 Å². The molecule has 18 heavy (non-hydrogen) atoms. The maximum Gasteiger partial charge on any atom is 0.222 e. The lowest BCUT2D eigenvalue weighted by molar-refractivity contribution is -0.155. The number of carbonyl (C=O) groups excluding carboxylic acids is 1. The molecule has 0 bridgehead atoms. The fourth-order valence-corrected chi connectivity index (χ4v) is 3.24. The predicted octanol–water partition coefficient (Wildman–Crippen LogP) is 2.72. The molecule has 104 valence electrons. The zero-order chi connectivity index (χ0) is 13.0. The number of hydrogen-bond donors (Lipinski definition) is 1. The van der Waals surface area contributed by atoms with E-state index in [-0.39, 0.29) is 5.91 Å². The Morgan fingerprint density at radius 1 is 1.28 bits per heavy atom. The first-order chi connectivity index (χ1) is 8.63. The fourth-order valence-electron chi connectivity index (χ4n) is 3.24. The number of aliphatic hydroxyl groups is 1. The highest BCUT2D eigenvalue weighted by molar-refractivity contribution is 5.77. The van der Waals surface area contributed by atoms with Gasteiger partial charge in [0.2, 0.25) is 5.91 Å². The minimum absolute atomic E-state index is 0.240. The highest BCUT2D eigenvalue weighted by Gasteiger charge is 2.41. The van der Waals surface area contributed by atoms with E-state index in [1.807, 2.05) is 11.8 Å². The van der Waals surface area contributed by atoms with E-state index in [4.69, 9.17) is 0 Å². The summed E-state index contributed by atoms with van der Waals surface area (Å²) in [6.07, 6.45) is 10.6. The van der Waals surface area contributed by atoms with Gasteiger partial charge < -0.3 is 10.0 Å². The first-order valence-corrected chi connectivity index (χ1v) is 7.63. The summed E-state index contributed by atoms with van der Waals surface area (Å²) in [6, 6.07) is 0. The third-order valence-electron chi connectivity index (χ3n) is 4.71. The predicted molar refractivity (Wildman–Crippen MR) is 72.2 cm³/mol. The Balaban J connectivity index is 1.58. The summed E-state index contributed by atoms with van der Waals surface area (Å²) >= 11 is 0. The van der Waals surface area contributed by atoms with E-state index < -0.39 is 5.60 Å². The molecule has 1 aliphatic heterocycles. The Bertz CT molecular complexity index is 278. The van der Waals surface area contributed by atoms with Crippen molar-refractivity contribution in [3.05, 3.63) is 0 Å².